The molecular formula is C11H19N7O2. The van der Waals surface area contributed by atoms with Crippen molar-refractivity contribution >= 4 is 17.8 Å². The van der Waals surface area contributed by atoms with Gasteiger partial charge in [0.25, 0.3) is 0 Å². The van der Waals surface area contributed by atoms with Gasteiger partial charge < -0.3 is 15.4 Å². The predicted molar refractivity (Wildman–Crippen MR) is 73.1 cm³/mol. The van der Waals surface area contributed by atoms with E-state index in [9.17, 15) is 4.79 Å². The number of hydrogen-bond donors (Lipinski definition) is 4. The molecule has 110 valence electrons. The number of hydrazine groups is 1. The molecule has 1 aliphatic rings. The maximum absolute atomic E-state index is 11.1. The van der Waals surface area contributed by atoms with E-state index in [0.717, 1.165) is 6.42 Å². The van der Waals surface area contributed by atoms with Gasteiger partial charge in [0.2, 0.25) is 17.8 Å². The van der Waals surface area contributed by atoms with Gasteiger partial charge in [-0.1, -0.05) is 0 Å². The molecule has 1 unspecified atom stereocenters. The van der Waals surface area contributed by atoms with Gasteiger partial charge >= 0.3 is 6.01 Å². The lowest BCUT2D eigenvalue weighted by molar-refractivity contribution is -0.119. The van der Waals surface area contributed by atoms with Crippen LogP contribution in [0.4, 0.5) is 11.9 Å². The number of carbonyl (C=O) groups excluding carboxylic acids is 1. The van der Waals surface area contributed by atoms with Crippen LogP contribution in [-0.4, -0.2) is 39.5 Å². The molecule has 1 amide bonds. The SMILES string of the molecule is CC(C)Oc1nc(NN)nc(NCC2CCC(=O)N2)n1. The van der Waals surface area contributed by atoms with Crippen molar-refractivity contribution in [2.45, 2.75) is 38.8 Å². The van der Waals surface area contributed by atoms with Crippen LogP contribution in [0.3, 0.4) is 0 Å². The van der Waals surface area contributed by atoms with Crippen LogP contribution >= 0.6 is 0 Å². The number of carbonyl (C=O) groups is 1. The number of amides is 1. The Morgan fingerprint density at radius 3 is 2.75 bits per heavy atom. The smallest absolute Gasteiger partial charge is 0.323 e. The summed E-state index contributed by atoms with van der Waals surface area (Å²) < 4.78 is 5.42. The number of anilines is 2. The molecule has 1 aromatic heterocycles. The van der Waals surface area contributed by atoms with Crippen molar-refractivity contribution in [2.75, 3.05) is 17.3 Å². The molecule has 0 spiro atoms. The number of nitrogens with zero attached hydrogens (tertiary/aromatic N) is 3. The van der Waals surface area contributed by atoms with E-state index in [1.807, 2.05) is 13.8 Å². The molecule has 2 heterocycles. The zero-order valence-electron chi connectivity index (χ0n) is 11.5. The Labute approximate surface area is 116 Å². The quantitative estimate of drug-likeness (QED) is 0.411. The zero-order valence-corrected chi connectivity index (χ0v) is 11.5. The third-order valence-corrected chi connectivity index (χ3v) is 2.68. The van der Waals surface area contributed by atoms with Gasteiger partial charge in [-0.2, -0.15) is 15.0 Å². The largest absolute Gasteiger partial charge is 0.461 e. The van der Waals surface area contributed by atoms with Gasteiger partial charge in [0.1, 0.15) is 0 Å². The van der Waals surface area contributed by atoms with Crippen LogP contribution < -0.4 is 26.6 Å². The van der Waals surface area contributed by atoms with Gasteiger partial charge in [0.15, 0.2) is 0 Å². The second kappa shape index (κ2) is 6.33. The third kappa shape index (κ3) is 3.92. The number of nitrogens with two attached hydrogens (primary N) is 1. The van der Waals surface area contributed by atoms with E-state index in [-0.39, 0.29) is 30.0 Å². The van der Waals surface area contributed by atoms with Crippen LogP contribution in [0.2, 0.25) is 0 Å². The molecule has 1 saturated heterocycles. The average molecular weight is 281 g/mol. The summed E-state index contributed by atoms with van der Waals surface area (Å²) in [5.41, 5.74) is 2.36. The molecule has 9 heteroatoms. The fourth-order valence-corrected chi connectivity index (χ4v) is 1.81. The predicted octanol–water partition coefficient (Wildman–Crippen LogP) is -0.365. The van der Waals surface area contributed by atoms with Crippen molar-refractivity contribution < 1.29 is 9.53 Å². The summed E-state index contributed by atoms with van der Waals surface area (Å²) >= 11 is 0. The number of ether oxygens (including phenoxy) is 1. The standard InChI is InChI=1S/C11H19N7O2/c1-6(2)20-11-16-9(15-10(17-11)18-12)13-5-7-3-4-8(19)14-7/h6-7H,3-5,12H2,1-2H3,(H,14,19)(H2,13,15,16,17,18). The average Bonchev–Trinajstić information content (AvgIpc) is 2.81. The molecular weight excluding hydrogens is 262 g/mol. The lowest BCUT2D eigenvalue weighted by Gasteiger charge is -2.13. The number of nitrogen functional groups attached to an aromatic ring is 1. The first-order valence-electron chi connectivity index (χ1n) is 6.49. The Hall–Kier alpha value is -2.16. The Balaban J connectivity index is 2.00. The normalized spacial score (nSPS) is 18.0. The molecule has 0 bridgehead atoms. The molecule has 0 aromatic carbocycles. The molecule has 20 heavy (non-hydrogen) atoms. The highest BCUT2D eigenvalue weighted by atomic mass is 16.5. The van der Waals surface area contributed by atoms with E-state index < -0.39 is 0 Å². The lowest BCUT2D eigenvalue weighted by atomic mass is 10.2. The van der Waals surface area contributed by atoms with E-state index in [0.29, 0.717) is 18.9 Å². The first-order valence-corrected chi connectivity index (χ1v) is 6.49. The zero-order chi connectivity index (χ0) is 14.5. The Morgan fingerprint density at radius 2 is 2.15 bits per heavy atom. The van der Waals surface area contributed by atoms with E-state index in [1.165, 1.54) is 0 Å². The summed E-state index contributed by atoms with van der Waals surface area (Å²) in [6.07, 6.45) is 1.31. The second-order valence-electron chi connectivity index (χ2n) is 4.76. The summed E-state index contributed by atoms with van der Waals surface area (Å²) in [7, 11) is 0. The highest BCUT2D eigenvalue weighted by Crippen LogP contribution is 2.13. The Morgan fingerprint density at radius 1 is 1.40 bits per heavy atom. The Bertz CT molecular complexity index is 480. The highest BCUT2D eigenvalue weighted by Gasteiger charge is 2.20. The number of rotatable bonds is 6. The number of hydrogen-bond acceptors (Lipinski definition) is 8. The van der Waals surface area contributed by atoms with Gasteiger partial charge in [-0.25, -0.2) is 5.84 Å². The summed E-state index contributed by atoms with van der Waals surface area (Å²) in [6.45, 7) is 4.29. The first-order chi connectivity index (χ1) is 9.56. The number of aromatic nitrogens is 3. The fraction of sp³-hybridized carbons (Fsp3) is 0.636. The van der Waals surface area contributed by atoms with Crippen LogP contribution in [0, 0.1) is 0 Å². The van der Waals surface area contributed by atoms with E-state index in [4.69, 9.17) is 10.6 Å². The fourth-order valence-electron chi connectivity index (χ4n) is 1.81. The minimum Gasteiger partial charge on any atom is -0.461 e. The van der Waals surface area contributed by atoms with Crippen LogP contribution in [0.5, 0.6) is 6.01 Å². The van der Waals surface area contributed by atoms with Crippen molar-refractivity contribution in [3.63, 3.8) is 0 Å². The first kappa shape index (κ1) is 14.3. The molecule has 2 rings (SSSR count). The summed E-state index contributed by atoms with van der Waals surface area (Å²) in [5, 5.41) is 5.90. The van der Waals surface area contributed by atoms with Crippen LogP contribution in [0.1, 0.15) is 26.7 Å². The third-order valence-electron chi connectivity index (χ3n) is 2.68. The molecule has 5 N–H and O–H groups in total. The summed E-state index contributed by atoms with van der Waals surface area (Å²) in [5.74, 6) is 5.95. The molecule has 0 aliphatic carbocycles. The molecule has 9 nitrogen and oxygen atoms in total. The van der Waals surface area contributed by atoms with Crippen LogP contribution in [-0.2, 0) is 4.79 Å². The molecule has 1 aliphatic heterocycles. The molecule has 1 aromatic rings. The van der Waals surface area contributed by atoms with E-state index >= 15 is 0 Å². The van der Waals surface area contributed by atoms with Gasteiger partial charge in [0, 0.05) is 19.0 Å². The molecule has 1 atom stereocenters. The highest BCUT2D eigenvalue weighted by molar-refractivity contribution is 5.78. The topological polar surface area (TPSA) is 127 Å². The molecule has 0 radical (unpaired) electrons. The van der Waals surface area contributed by atoms with E-state index in [1.54, 1.807) is 0 Å². The second-order valence-corrected chi connectivity index (χ2v) is 4.76. The van der Waals surface area contributed by atoms with Gasteiger partial charge in [-0.05, 0) is 20.3 Å². The molecule has 1 fully saturated rings. The van der Waals surface area contributed by atoms with Crippen LogP contribution in [0.15, 0.2) is 0 Å². The van der Waals surface area contributed by atoms with Crippen LogP contribution in [0.25, 0.3) is 0 Å². The van der Waals surface area contributed by atoms with Gasteiger partial charge in [-0.3, -0.25) is 10.2 Å². The van der Waals surface area contributed by atoms with Crippen molar-refractivity contribution in [3.05, 3.63) is 0 Å². The summed E-state index contributed by atoms with van der Waals surface area (Å²) in [4.78, 5) is 23.3. The maximum atomic E-state index is 11.1. The van der Waals surface area contributed by atoms with E-state index in [2.05, 4.69) is 31.0 Å². The van der Waals surface area contributed by atoms with Gasteiger partial charge in [-0.15, -0.1) is 0 Å². The summed E-state index contributed by atoms with van der Waals surface area (Å²) in [6, 6.07) is 0.281. The lowest BCUT2D eigenvalue weighted by Crippen LogP contribution is -2.32. The van der Waals surface area contributed by atoms with Crippen molar-refractivity contribution in [1.29, 1.82) is 0 Å². The van der Waals surface area contributed by atoms with Crippen molar-refractivity contribution in [1.82, 2.24) is 20.3 Å². The Kier molecular flexibility index (Phi) is 4.51. The molecule has 0 saturated carbocycles. The minimum absolute atomic E-state index is 0.0509. The minimum atomic E-state index is -0.0509. The monoisotopic (exact) mass is 281 g/mol. The van der Waals surface area contributed by atoms with Crippen molar-refractivity contribution in [3.8, 4) is 6.01 Å². The number of nitrogens with one attached hydrogen (secondary N) is 3. The maximum Gasteiger partial charge on any atom is 0.323 e. The van der Waals surface area contributed by atoms with Crippen molar-refractivity contribution in [2.24, 2.45) is 5.84 Å². The van der Waals surface area contributed by atoms with Gasteiger partial charge in [0.05, 0.1) is 6.10 Å².